The monoisotopic (exact) mass is 405 g/mol. The predicted octanol–water partition coefficient (Wildman–Crippen LogP) is 5.86. The van der Waals surface area contributed by atoms with Crippen LogP contribution in [0.25, 0.3) is 28.9 Å². The van der Waals surface area contributed by atoms with E-state index in [9.17, 15) is 8.78 Å². The molecule has 0 aliphatic carbocycles. The van der Waals surface area contributed by atoms with Gasteiger partial charge in [0.2, 0.25) is 5.89 Å². The summed E-state index contributed by atoms with van der Waals surface area (Å²) in [5.74, 6) is -2.11. The maximum atomic E-state index is 13.1. The fourth-order valence-electron chi connectivity index (χ4n) is 3.99. The van der Waals surface area contributed by atoms with E-state index in [0.29, 0.717) is 17.0 Å². The van der Waals surface area contributed by atoms with Crippen molar-refractivity contribution in [2.45, 2.75) is 19.8 Å². The number of para-hydroxylation sites is 1. The van der Waals surface area contributed by atoms with Crippen molar-refractivity contribution < 1.29 is 13.2 Å². The van der Waals surface area contributed by atoms with E-state index in [2.05, 4.69) is 41.6 Å². The molecular formula is C24H21F2N3O. The van der Waals surface area contributed by atoms with E-state index in [-0.39, 0.29) is 13.1 Å². The molecule has 2 aromatic heterocycles. The third-order valence-corrected chi connectivity index (χ3v) is 5.49. The zero-order valence-corrected chi connectivity index (χ0v) is 16.8. The summed E-state index contributed by atoms with van der Waals surface area (Å²) in [6.07, 6.45) is 3.83. The Morgan fingerprint density at radius 1 is 0.967 bits per heavy atom. The number of rotatable bonds is 4. The first-order valence-electron chi connectivity index (χ1n) is 9.85. The van der Waals surface area contributed by atoms with Gasteiger partial charge in [0.15, 0.2) is 5.58 Å². The summed E-state index contributed by atoms with van der Waals surface area (Å²) in [6, 6.07) is 17.7. The number of aromatic nitrogens is 2. The molecule has 4 aromatic rings. The van der Waals surface area contributed by atoms with Crippen molar-refractivity contribution in [3.63, 3.8) is 0 Å². The highest BCUT2D eigenvalue weighted by atomic mass is 19.3. The Morgan fingerprint density at radius 2 is 1.73 bits per heavy atom. The number of alkyl halides is 2. The van der Waals surface area contributed by atoms with Gasteiger partial charge in [0.1, 0.15) is 5.52 Å². The zero-order chi connectivity index (χ0) is 20.9. The molecule has 1 aliphatic heterocycles. The second-order valence-electron chi connectivity index (χ2n) is 7.75. The molecule has 1 fully saturated rings. The highest BCUT2D eigenvalue weighted by Crippen LogP contribution is 2.33. The lowest BCUT2D eigenvalue weighted by molar-refractivity contribution is -0.0262. The molecule has 3 heterocycles. The lowest BCUT2D eigenvalue weighted by Gasteiger charge is -2.40. The molecule has 30 heavy (non-hydrogen) atoms. The van der Waals surface area contributed by atoms with Gasteiger partial charge < -0.3 is 13.9 Å². The number of nitrogens with zero attached hydrogens (tertiary/aromatic N) is 3. The maximum absolute atomic E-state index is 13.1. The number of aryl methyl sites for hydroxylation is 1. The molecule has 6 heteroatoms. The summed E-state index contributed by atoms with van der Waals surface area (Å²) in [5.41, 5.74) is 6.53. The predicted molar refractivity (Wildman–Crippen MR) is 115 cm³/mol. The van der Waals surface area contributed by atoms with E-state index in [1.165, 1.54) is 0 Å². The summed E-state index contributed by atoms with van der Waals surface area (Å²) in [4.78, 5) is 6.15. The minimum absolute atomic E-state index is 0.250. The largest absolute Gasteiger partial charge is 0.437 e. The Kier molecular flexibility index (Phi) is 4.24. The molecular weight excluding hydrogens is 384 g/mol. The minimum Gasteiger partial charge on any atom is -0.437 e. The van der Waals surface area contributed by atoms with Crippen molar-refractivity contribution >= 4 is 28.9 Å². The number of anilines is 1. The van der Waals surface area contributed by atoms with Crippen molar-refractivity contribution in [3.8, 4) is 5.69 Å². The van der Waals surface area contributed by atoms with Gasteiger partial charge in [0, 0.05) is 28.8 Å². The van der Waals surface area contributed by atoms with Crippen LogP contribution in [0.1, 0.15) is 22.8 Å². The molecule has 0 amide bonds. The molecule has 5 rings (SSSR count). The summed E-state index contributed by atoms with van der Waals surface area (Å²) in [6.45, 7) is 3.67. The van der Waals surface area contributed by atoms with Crippen LogP contribution in [0.2, 0.25) is 0 Å². The van der Waals surface area contributed by atoms with Crippen LogP contribution in [0.15, 0.2) is 59.0 Å². The zero-order valence-electron chi connectivity index (χ0n) is 16.8. The smallest absolute Gasteiger partial charge is 0.282 e. The highest BCUT2D eigenvalue weighted by molar-refractivity contribution is 5.80. The molecule has 0 N–H and O–H groups in total. The summed E-state index contributed by atoms with van der Waals surface area (Å²) in [5, 5.41) is 0. The van der Waals surface area contributed by atoms with Gasteiger partial charge in [-0.15, -0.1) is 0 Å². The standard InChI is InChI=1S/C24H21F2N3O/c1-16-12-18(17(2)29(16)19-6-4-3-5-7-19)8-11-23-27-21-13-20(9-10-22(21)30-23)28-14-24(25,26)15-28/h3-13H,14-15H2,1-2H3. The van der Waals surface area contributed by atoms with E-state index in [4.69, 9.17) is 4.42 Å². The highest BCUT2D eigenvalue weighted by Gasteiger charge is 2.43. The van der Waals surface area contributed by atoms with Crippen molar-refractivity contribution in [2.75, 3.05) is 18.0 Å². The summed E-state index contributed by atoms with van der Waals surface area (Å²) in [7, 11) is 0. The molecule has 0 saturated carbocycles. The van der Waals surface area contributed by atoms with Crippen LogP contribution >= 0.6 is 0 Å². The van der Waals surface area contributed by atoms with Crippen LogP contribution < -0.4 is 4.90 Å². The third-order valence-electron chi connectivity index (χ3n) is 5.49. The molecule has 0 bridgehead atoms. The first-order valence-corrected chi connectivity index (χ1v) is 9.85. The van der Waals surface area contributed by atoms with E-state index < -0.39 is 5.92 Å². The molecule has 0 radical (unpaired) electrons. The Hall–Kier alpha value is -3.41. The van der Waals surface area contributed by atoms with Crippen LogP contribution in [-0.2, 0) is 0 Å². The fourth-order valence-corrected chi connectivity index (χ4v) is 3.99. The number of oxazole rings is 1. The quantitative estimate of drug-likeness (QED) is 0.426. The Balaban J connectivity index is 1.41. The van der Waals surface area contributed by atoms with E-state index >= 15 is 0 Å². The van der Waals surface area contributed by atoms with E-state index in [1.807, 2.05) is 30.4 Å². The molecule has 1 saturated heterocycles. The van der Waals surface area contributed by atoms with Crippen LogP contribution in [0.3, 0.4) is 0 Å². The fraction of sp³-hybridized carbons (Fsp3) is 0.208. The normalized spacial score (nSPS) is 15.8. The lowest BCUT2D eigenvalue weighted by Crippen LogP contribution is -2.56. The summed E-state index contributed by atoms with van der Waals surface area (Å²) < 4.78 is 34.3. The second kappa shape index (κ2) is 6.83. The Morgan fingerprint density at radius 3 is 2.47 bits per heavy atom. The van der Waals surface area contributed by atoms with Gasteiger partial charge in [0.05, 0.1) is 13.1 Å². The molecule has 0 atom stereocenters. The number of hydrogen-bond acceptors (Lipinski definition) is 3. The van der Waals surface area contributed by atoms with Gasteiger partial charge in [-0.3, -0.25) is 0 Å². The number of halogens is 2. The first-order chi connectivity index (χ1) is 14.4. The van der Waals surface area contributed by atoms with Gasteiger partial charge in [-0.1, -0.05) is 18.2 Å². The third kappa shape index (κ3) is 3.28. The molecule has 4 nitrogen and oxygen atoms in total. The maximum Gasteiger partial charge on any atom is 0.282 e. The Bertz CT molecular complexity index is 1250. The molecule has 2 aromatic carbocycles. The lowest BCUT2D eigenvalue weighted by atomic mass is 10.1. The van der Waals surface area contributed by atoms with Crippen LogP contribution in [0.5, 0.6) is 0 Å². The van der Waals surface area contributed by atoms with Crippen molar-refractivity contribution in [3.05, 3.63) is 77.4 Å². The van der Waals surface area contributed by atoms with Gasteiger partial charge in [0.25, 0.3) is 5.92 Å². The topological polar surface area (TPSA) is 34.2 Å². The molecule has 1 aliphatic rings. The van der Waals surface area contributed by atoms with Gasteiger partial charge in [-0.2, -0.15) is 0 Å². The Labute approximate surface area is 173 Å². The van der Waals surface area contributed by atoms with Crippen LogP contribution in [0.4, 0.5) is 14.5 Å². The average Bonchev–Trinajstić information content (AvgIpc) is 3.24. The molecule has 0 unspecified atom stereocenters. The number of benzene rings is 2. The van der Waals surface area contributed by atoms with Crippen molar-refractivity contribution in [1.29, 1.82) is 0 Å². The minimum atomic E-state index is -2.60. The summed E-state index contributed by atoms with van der Waals surface area (Å²) >= 11 is 0. The van der Waals surface area contributed by atoms with Crippen molar-refractivity contribution in [2.24, 2.45) is 0 Å². The molecule has 0 spiro atoms. The van der Waals surface area contributed by atoms with Gasteiger partial charge in [-0.25, -0.2) is 13.8 Å². The SMILES string of the molecule is Cc1cc(C=Cc2nc3cc(N4CC(F)(F)C4)ccc3o2)c(C)n1-c1ccccc1. The second-order valence-corrected chi connectivity index (χ2v) is 7.75. The van der Waals surface area contributed by atoms with Gasteiger partial charge >= 0.3 is 0 Å². The number of hydrogen-bond donors (Lipinski definition) is 0. The van der Waals surface area contributed by atoms with E-state index in [1.54, 1.807) is 23.1 Å². The van der Waals surface area contributed by atoms with Crippen molar-refractivity contribution in [1.82, 2.24) is 9.55 Å². The molecule has 152 valence electrons. The van der Waals surface area contributed by atoms with E-state index in [0.717, 1.165) is 28.3 Å². The average molecular weight is 405 g/mol. The van der Waals surface area contributed by atoms with Crippen LogP contribution in [0, 0.1) is 13.8 Å². The van der Waals surface area contributed by atoms with Gasteiger partial charge in [-0.05, 0) is 61.9 Å². The van der Waals surface area contributed by atoms with Crippen LogP contribution in [-0.4, -0.2) is 28.6 Å². The number of fused-ring (bicyclic) bond motifs is 1. The first kappa shape index (κ1) is 18.6.